The molecule has 2 aliphatic rings. The minimum absolute atomic E-state index is 0.285. The zero-order chi connectivity index (χ0) is 18.7. The van der Waals surface area contributed by atoms with Gasteiger partial charge in [-0.1, -0.05) is 12.1 Å². The molecule has 2 saturated heterocycles. The Morgan fingerprint density at radius 2 is 1.85 bits per heavy atom. The predicted molar refractivity (Wildman–Crippen MR) is 102 cm³/mol. The monoisotopic (exact) mass is 374 g/mol. The molecule has 2 aliphatic heterocycles. The molecule has 0 aliphatic carbocycles. The third kappa shape index (κ3) is 4.27. The van der Waals surface area contributed by atoms with Gasteiger partial charge in [-0.15, -0.1) is 0 Å². The minimum Gasteiger partial charge on any atom is -0.462 e. The topological polar surface area (TPSA) is 66.9 Å². The van der Waals surface area contributed by atoms with Crippen LogP contribution in [0.4, 0.5) is 10.5 Å². The maximum Gasteiger partial charge on any atom is 0.326 e. The van der Waals surface area contributed by atoms with Crippen molar-refractivity contribution >= 4 is 40.6 Å². The highest BCUT2D eigenvalue weighted by Crippen LogP contribution is 2.32. The highest BCUT2D eigenvalue weighted by atomic mass is 32.2. The number of esters is 1. The maximum absolute atomic E-state index is 12.4. The molecule has 7 heteroatoms. The summed E-state index contributed by atoms with van der Waals surface area (Å²) in [7, 11) is 0. The van der Waals surface area contributed by atoms with E-state index in [9.17, 15) is 14.4 Å². The number of thioether (sulfide) groups is 1. The molecule has 0 bridgehead atoms. The van der Waals surface area contributed by atoms with E-state index < -0.39 is 17.1 Å². The van der Waals surface area contributed by atoms with Crippen molar-refractivity contribution in [2.45, 2.75) is 32.8 Å². The molecule has 0 unspecified atom stereocenters. The molecule has 0 spiro atoms. The van der Waals surface area contributed by atoms with Crippen molar-refractivity contribution < 1.29 is 19.1 Å². The second-order valence-corrected chi connectivity index (χ2v) is 7.59. The van der Waals surface area contributed by atoms with Gasteiger partial charge in [-0.05, 0) is 62.2 Å². The van der Waals surface area contributed by atoms with Crippen molar-refractivity contribution in [2.24, 2.45) is 0 Å². The molecule has 2 fully saturated rings. The van der Waals surface area contributed by atoms with E-state index in [0.717, 1.165) is 35.3 Å². The van der Waals surface area contributed by atoms with Crippen LogP contribution in [0.15, 0.2) is 29.2 Å². The fraction of sp³-hybridized carbons (Fsp3) is 0.421. The average molecular weight is 374 g/mol. The number of amides is 2. The van der Waals surface area contributed by atoms with Gasteiger partial charge in [0.15, 0.2) is 0 Å². The lowest BCUT2D eigenvalue weighted by Crippen LogP contribution is -2.35. The lowest BCUT2D eigenvalue weighted by Gasteiger charge is -2.17. The summed E-state index contributed by atoms with van der Waals surface area (Å²) in [5.74, 6) is -1.04. The molecule has 0 saturated carbocycles. The van der Waals surface area contributed by atoms with Gasteiger partial charge in [-0.2, -0.15) is 0 Å². The van der Waals surface area contributed by atoms with Crippen molar-refractivity contribution in [1.82, 2.24) is 4.90 Å². The average Bonchev–Trinajstić information content (AvgIpc) is 3.20. The number of rotatable bonds is 5. The Morgan fingerprint density at radius 1 is 1.19 bits per heavy atom. The Bertz CT molecular complexity index is 736. The van der Waals surface area contributed by atoms with Crippen LogP contribution in [0.25, 0.3) is 6.08 Å². The zero-order valence-corrected chi connectivity index (χ0v) is 15.8. The Kier molecular flexibility index (Phi) is 5.66. The van der Waals surface area contributed by atoms with E-state index in [-0.39, 0.29) is 12.6 Å². The summed E-state index contributed by atoms with van der Waals surface area (Å²) >= 11 is 0.847. The molecule has 0 aromatic heterocycles. The first-order chi connectivity index (χ1) is 12.4. The van der Waals surface area contributed by atoms with Crippen molar-refractivity contribution in [3.63, 3.8) is 0 Å². The molecule has 3 rings (SSSR count). The highest BCUT2D eigenvalue weighted by molar-refractivity contribution is 8.18. The first-order valence-corrected chi connectivity index (χ1v) is 9.55. The smallest absolute Gasteiger partial charge is 0.326 e. The molecule has 0 N–H and O–H groups in total. The van der Waals surface area contributed by atoms with E-state index >= 15 is 0 Å². The summed E-state index contributed by atoms with van der Waals surface area (Å²) in [4.78, 5) is 39.8. The fourth-order valence-corrected chi connectivity index (χ4v) is 3.81. The van der Waals surface area contributed by atoms with Gasteiger partial charge in [0, 0.05) is 18.8 Å². The van der Waals surface area contributed by atoms with Gasteiger partial charge < -0.3 is 9.64 Å². The van der Waals surface area contributed by atoms with Gasteiger partial charge in [-0.25, -0.2) is 0 Å². The molecule has 138 valence electrons. The van der Waals surface area contributed by atoms with Crippen LogP contribution in [0.1, 0.15) is 32.3 Å². The second-order valence-electron chi connectivity index (χ2n) is 6.59. The first kappa shape index (κ1) is 18.5. The zero-order valence-electron chi connectivity index (χ0n) is 14.9. The number of hydrogen-bond donors (Lipinski definition) is 0. The second kappa shape index (κ2) is 7.95. The van der Waals surface area contributed by atoms with Gasteiger partial charge in [0.25, 0.3) is 11.1 Å². The number of hydrogen-bond acceptors (Lipinski definition) is 6. The Hall–Kier alpha value is -2.28. The number of ether oxygens (including phenoxy) is 1. The van der Waals surface area contributed by atoms with Crippen LogP contribution in [-0.4, -0.2) is 47.8 Å². The largest absolute Gasteiger partial charge is 0.462 e. The summed E-state index contributed by atoms with van der Waals surface area (Å²) < 4.78 is 5.01. The molecular formula is C19H22N2O4S. The fourth-order valence-electron chi connectivity index (χ4n) is 2.97. The molecule has 0 radical (unpaired) electrons. The van der Waals surface area contributed by atoms with E-state index in [1.807, 2.05) is 24.3 Å². The number of imide groups is 1. The molecule has 1 aromatic rings. The first-order valence-electron chi connectivity index (χ1n) is 8.74. The molecule has 6 nitrogen and oxygen atoms in total. The summed E-state index contributed by atoms with van der Waals surface area (Å²) in [6.45, 7) is 5.23. The van der Waals surface area contributed by atoms with Crippen LogP contribution in [0, 0.1) is 0 Å². The highest BCUT2D eigenvalue weighted by Gasteiger charge is 2.36. The summed E-state index contributed by atoms with van der Waals surface area (Å²) in [5.41, 5.74) is 2.02. The quantitative estimate of drug-likeness (QED) is 0.582. The van der Waals surface area contributed by atoms with Crippen molar-refractivity contribution in [3.8, 4) is 0 Å². The van der Waals surface area contributed by atoms with Crippen molar-refractivity contribution in [1.29, 1.82) is 0 Å². The third-order valence-electron chi connectivity index (χ3n) is 4.19. The Balaban J connectivity index is 1.68. The van der Waals surface area contributed by atoms with Crippen molar-refractivity contribution in [2.75, 3.05) is 24.5 Å². The van der Waals surface area contributed by atoms with Crippen LogP contribution in [-0.2, 0) is 14.3 Å². The molecule has 0 atom stereocenters. The lowest BCUT2D eigenvalue weighted by molar-refractivity contribution is -0.149. The van der Waals surface area contributed by atoms with Crippen LogP contribution in [0.5, 0.6) is 0 Å². The van der Waals surface area contributed by atoms with Gasteiger partial charge in [0.1, 0.15) is 6.54 Å². The van der Waals surface area contributed by atoms with Gasteiger partial charge in [-0.3, -0.25) is 19.3 Å². The summed E-state index contributed by atoms with van der Waals surface area (Å²) in [6, 6.07) is 7.94. The minimum atomic E-state index is -0.585. The van der Waals surface area contributed by atoms with E-state index in [1.165, 1.54) is 18.5 Å². The van der Waals surface area contributed by atoms with E-state index in [2.05, 4.69) is 4.90 Å². The summed E-state index contributed by atoms with van der Waals surface area (Å²) in [5, 5.41) is -0.448. The SMILES string of the molecule is CC(C)OC(=O)CN1C(=O)S/C(=C/c2ccc(N3CCCC3)cc2)C1=O. The van der Waals surface area contributed by atoms with E-state index in [0.29, 0.717) is 4.91 Å². The molecule has 1 aromatic carbocycles. The van der Waals surface area contributed by atoms with Crippen LogP contribution >= 0.6 is 11.8 Å². The predicted octanol–water partition coefficient (Wildman–Crippen LogP) is 3.27. The molecule has 2 amide bonds. The number of benzene rings is 1. The maximum atomic E-state index is 12.4. The lowest BCUT2D eigenvalue weighted by atomic mass is 10.2. The van der Waals surface area contributed by atoms with E-state index in [4.69, 9.17) is 4.74 Å². The van der Waals surface area contributed by atoms with Gasteiger partial charge in [0.2, 0.25) is 0 Å². The standard InChI is InChI=1S/C19H22N2O4S/c1-13(2)25-17(22)12-21-18(23)16(26-19(21)24)11-14-5-7-15(8-6-14)20-9-3-4-10-20/h5-8,11,13H,3-4,9-10,12H2,1-2H3/b16-11+. The van der Waals surface area contributed by atoms with Gasteiger partial charge >= 0.3 is 5.97 Å². The number of anilines is 1. The summed E-state index contributed by atoms with van der Waals surface area (Å²) in [6.07, 6.45) is 3.83. The third-order valence-corrected chi connectivity index (χ3v) is 5.10. The normalized spacial score (nSPS) is 19.1. The number of carbonyl (C=O) groups excluding carboxylic acids is 3. The molecular weight excluding hydrogens is 352 g/mol. The Morgan fingerprint density at radius 3 is 2.46 bits per heavy atom. The van der Waals surface area contributed by atoms with Crippen molar-refractivity contribution in [3.05, 3.63) is 34.7 Å². The Labute approximate surface area is 157 Å². The number of carbonyl (C=O) groups is 3. The number of nitrogens with zero attached hydrogens (tertiary/aromatic N) is 2. The van der Waals surface area contributed by atoms with Crippen LogP contribution in [0.3, 0.4) is 0 Å². The van der Waals surface area contributed by atoms with Gasteiger partial charge in [0.05, 0.1) is 11.0 Å². The van der Waals surface area contributed by atoms with E-state index in [1.54, 1.807) is 19.9 Å². The van der Waals surface area contributed by atoms with Crippen LogP contribution < -0.4 is 4.90 Å². The molecule has 26 heavy (non-hydrogen) atoms. The van der Waals surface area contributed by atoms with Crippen LogP contribution in [0.2, 0.25) is 0 Å². The molecule has 2 heterocycles.